The Hall–Kier alpha value is -3.41. The highest BCUT2D eigenvalue weighted by atomic mass is 16.5. The molecule has 0 saturated carbocycles. The van der Waals surface area contributed by atoms with Gasteiger partial charge in [-0.25, -0.2) is 9.97 Å². The molecule has 6 heteroatoms. The lowest BCUT2D eigenvalue weighted by Crippen LogP contribution is -2.26. The van der Waals surface area contributed by atoms with Gasteiger partial charge in [0.25, 0.3) is 5.91 Å². The first kappa shape index (κ1) is 20.3. The summed E-state index contributed by atoms with van der Waals surface area (Å²) in [5.41, 5.74) is 2.79. The van der Waals surface area contributed by atoms with Gasteiger partial charge >= 0.3 is 0 Å². The Kier molecular flexibility index (Phi) is 7.57. The van der Waals surface area contributed by atoms with E-state index in [1.165, 1.54) is 5.56 Å². The number of nitrogens with zero attached hydrogens (tertiary/aromatic N) is 2. The number of rotatable bonds is 10. The molecule has 1 amide bonds. The monoisotopic (exact) mass is 390 g/mol. The van der Waals surface area contributed by atoms with Gasteiger partial charge < -0.3 is 15.4 Å². The molecule has 0 atom stereocenters. The highest BCUT2D eigenvalue weighted by Crippen LogP contribution is 2.13. The number of hydrogen-bond donors (Lipinski definition) is 2. The first-order valence-corrected chi connectivity index (χ1v) is 9.76. The molecular formula is C23H26N4O2. The number of carbonyl (C=O) groups is 1. The fourth-order valence-corrected chi connectivity index (χ4v) is 2.95. The van der Waals surface area contributed by atoms with Crippen LogP contribution in [0.1, 0.15) is 28.0 Å². The van der Waals surface area contributed by atoms with Crippen molar-refractivity contribution in [1.29, 1.82) is 0 Å². The van der Waals surface area contributed by atoms with E-state index in [0.717, 1.165) is 30.6 Å². The SMILES string of the molecule is COc1cccc(CCNc2nccc(C(=O)NCCCc3ccccc3)n2)c1. The maximum Gasteiger partial charge on any atom is 0.270 e. The lowest BCUT2D eigenvalue weighted by molar-refractivity contribution is 0.0948. The van der Waals surface area contributed by atoms with Crippen molar-refractivity contribution < 1.29 is 9.53 Å². The molecule has 0 spiro atoms. The molecule has 1 heterocycles. The van der Waals surface area contributed by atoms with Crippen molar-refractivity contribution in [3.8, 4) is 5.75 Å². The minimum absolute atomic E-state index is 0.184. The smallest absolute Gasteiger partial charge is 0.270 e. The fraction of sp³-hybridized carbons (Fsp3) is 0.261. The van der Waals surface area contributed by atoms with Crippen LogP contribution in [-0.2, 0) is 12.8 Å². The number of methoxy groups -OCH3 is 1. The zero-order valence-electron chi connectivity index (χ0n) is 16.6. The summed E-state index contributed by atoms with van der Waals surface area (Å²) in [5.74, 6) is 1.10. The standard InChI is InChI=1S/C23H26N4O2/c1-29-20-11-5-9-19(17-20)12-15-25-23-26-16-13-21(27-23)22(28)24-14-6-10-18-7-3-2-4-8-18/h2-5,7-9,11,13,16-17H,6,10,12,14-15H2,1H3,(H,24,28)(H,25,26,27). The molecule has 0 fully saturated rings. The van der Waals surface area contributed by atoms with Crippen molar-refractivity contribution in [2.45, 2.75) is 19.3 Å². The van der Waals surface area contributed by atoms with Crippen LogP contribution in [0.3, 0.4) is 0 Å². The molecule has 3 rings (SSSR count). The highest BCUT2D eigenvalue weighted by molar-refractivity contribution is 5.92. The van der Waals surface area contributed by atoms with E-state index in [0.29, 0.717) is 24.7 Å². The third-order valence-electron chi connectivity index (χ3n) is 4.49. The summed E-state index contributed by atoms with van der Waals surface area (Å²) < 4.78 is 5.24. The van der Waals surface area contributed by atoms with Gasteiger partial charge in [-0.05, 0) is 48.6 Å². The molecule has 6 nitrogen and oxygen atoms in total. The van der Waals surface area contributed by atoms with Crippen LogP contribution >= 0.6 is 0 Å². The summed E-state index contributed by atoms with van der Waals surface area (Å²) in [7, 11) is 1.66. The summed E-state index contributed by atoms with van der Waals surface area (Å²) in [6.45, 7) is 1.27. The van der Waals surface area contributed by atoms with Crippen LogP contribution in [0, 0.1) is 0 Å². The normalized spacial score (nSPS) is 10.4. The number of ether oxygens (including phenoxy) is 1. The van der Waals surface area contributed by atoms with Crippen molar-refractivity contribution in [2.24, 2.45) is 0 Å². The van der Waals surface area contributed by atoms with Crippen molar-refractivity contribution in [3.63, 3.8) is 0 Å². The molecule has 0 aliphatic heterocycles. The van der Waals surface area contributed by atoms with Gasteiger partial charge in [0, 0.05) is 19.3 Å². The predicted octanol–water partition coefficient (Wildman–Crippen LogP) is 3.50. The van der Waals surface area contributed by atoms with Gasteiger partial charge in [-0.3, -0.25) is 4.79 Å². The van der Waals surface area contributed by atoms with Crippen molar-refractivity contribution >= 4 is 11.9 Å². The lowest BCUT2D eigenvalue weighted by atomic mass is 10.1. The van der Waals surface area contributed by atoms with E-state index in [9.17, 15) is 4.79 Å². The van der Waals surface area contributed by atoms with Crippen LogP contribution in [0.25, 0.3) is 0 Å². The predicted molar refractivity (Wildman–Crippen MR) is 114 cm³/mol. The topological polar surface area (TPSA) is 76.1 Å². The van der Waals surface area contributed by atoms with E-state index in [-0.39, 0.29) is 5.91 Å². The molecule has 1 aromatic heterocycles. The molecule has 0 saturated heterocycles. The fourth-order valence-electron chi connectivity index (χ4n) is 2.95. The number of hydrogen-bond acceptors (Lipinski definition) is 5. The molecule has 0 aliphatic carbocycles. The van der Waals surface area contributed by atoms with Crippen LogP contribution in [0.4, 0.5) is 5.95 Å². The number of aryl methyl sites for hydroxylation is 1. The van der Waals surface area contributed by atoms with Crippen LogP contribution < -0.4 is 15.4 Å². The Balaban J connectivity index is 1.43. The van der Waals surface area contributed by atoms with E-state index in [1.807, 2.05) is 42.5 Å². The van der Waals surface area contributed by atoms with Crippen LogP contribution in [0.5, 0.6) is 5.75 Å². The van der Waals surface area contributed by atoms with Crippen LogP contribution in [-0.4, -0.2) is 36.1 Å². The highest BCUT2D eigenvalue weighted by Gasteiger charge is 2.08. The summed E-state index contributed by atoms with van der Waals surface area (Å²) in [5, 5.41) is 6.09. The molecule has 29 heavy (non-hydrogen) atoms. The summed E-state index contributed by atoms with van der Waals surface area (Å²) in [6, 6.07) is 19.8. The largest absolute Gasteiger partial charge is 0.497 e. The zero-order chi connectivity index (χ0) is 20.3. The third-order valence-corrected chi connectivity index (χ3v) is 4.49. The van der Waals surface area contributed by atoms with Gasteiger partial charge in [-0.1, -0.05) is 42.5 Å². The summed E-state index contributed by atoms with van der Waals surface area (Å²) in [4.78, 5) is 20.8. The first-order valence-electron chi connectivity index (χ1n) is 9.76. The van der Waals surface area contributed by atoms with E-state index < -0.39 is 0 Å². The van der Waals surface area contributed by atoms with Gasteiger partial charge in [0.2, 0.25) is 5.95 Å². The minimum atomic E-state index is -0.184. The molecule has 0 radical (unpaired) electrons. The van der Waals surface area contributed by atoms with Gasteiger partial charge in [-0.15, -0.1) is 0 Å². The lowest BCUT2D eigenvalue weighted by Gasteiger charge is -2.08. The number of amides is 1. The molecule has 0 unspecified atom stereocenters. The number of benzene rings is 2. The first-order chi connectivity index (χ1) is 14.2. The Morgan fingerprint density at radius 3 is 2.62 bits per heavy atom. The number of aromatic nitrogens is 2. The number of anilines is 1. The van der Waals surface area contributed by atoms with Gasteiger partial charge in [0.15, 0.2) is 0 Å². The van der Waals surface area contributed by atoms with Crippen LogP contribution in [0.15, 0.2) is 66.9 Å². The molecule has 0 aliphatic rings. The van der Waals surface area contributed by atoms with E-state index in [2.05, 4.69) is 32.7 Å². The quantitative estimate of drug-likeness (QED) is 0.518. The second-order valence-corrected chi connectivity index (χ2v) is 6.64. The van der Waals surface area contributed by atoms with E-state index in [1.54, 1.807) is 19.4 Å². The van der Waals surface area contributed by atoms with Gasteiger partial charge in [0.1, 0.15) is 11.4 Å². The molecular weight excluding hydrogens is 364 g/mol. The average Bonchev–Trinajstić information content (AvgIpc) is 2.77. The van der Waals surface area contributed by atoms with Crippen molar-refractivity contribution in [1.82, 2.24) is 15.3 Å². The Labute approximate surface area is 171 Å². The molecule has 2 aromatic carbocycles. The second-order valence-electron chi connectivity index (χ2n) is 6.64. The van der Waals surface area contributed by atoms with Crippen molar-refractivity contribution in [3.05, 3.63) is 83.7 Å². The maximum absolute atomic E-state index is 12.3. The van der Waals surface area contributed by atoms with E-state index in [4.69, 9.17) is 4.74 Å². The van der Waals surface area contributed by atoms with Crippen molar-refractivity contribution in [2.75, 3.05) is 25.5 Å². The maximum atomic E-state index is 12.3. The summed E-state index contributed by atoms with van der Waals surface area (Å²) >= 11 is 0. The molecule has 150 valence electrons. The zero-order valence-corrected chi connectivity index (χ0v) is 16.6. The summed E-state index contributed by atoms with van der Waals surface area (Å²) in [6.07, 6.45) is 4.21. The van der Waals surface area contributed by atoms with Gasteiger partial charge in [0.05, 0.1) is 7.11 Å². The average molecular weight is 390 g/mol. The molecule has 2 N–H and O–H groups in total. The molecule has 3 aromatic rings. The Morgan fingerprint density at radius 2 is 1.79 bits per heavy atom. The number of nitrogens with one attached hydrogen (secondary N) is 2. The van der Waals surface area contributed by atoms with Crippen LogP contribution in [0.2, 0.25) is 0 Å². The van der Waals surface area contributed by atoms with Gasteiger partial charge in [-0.2, -0.15) is 0 Å². The minimum Gasteiger partial charge on any atom is -0.497 e. The second kappa shape index (κ2) is 10.8. The number of carbonyl (C=O) groups excluding carboxylic acids is 1. The van der Waals surface area contributed by atoms with E-state index >= 15 is 0 Å². The third kappa shape index (κ3) is 6.60. The Morgan fingerprint density at radius 1 is 0.966 bits per heavy atom. The molecule has 0 bridgehead atoms. The Bertz CT molecular complexity index is 916.